The number of aryl methyl sites for hydroxylation is 1. The van der Waals surface area contributed by atoms with E-state index in [1.807, 2.05) is 25.5 Å². The van der Waals surface area contributed by atoms with Gasteiger partial charge in [-0.15, -0.1) is 0 Å². The van der Waals surface area contributed by atoms with Gasteiger partial charge in [-0.1, -0.05) is 23.8 Å². The van der Waals surface area contributed by atoms with Crippen molar-refractivity contribution >= 4 is 26.8 Å². The molecule has 176 valence electrons. The van der Waals surface area contributed by atoms with Crippen LogP contribution in [0.4, 0.5) is 5.82 Å². The van der Waals surface area contributed by atoms with E-state index in [4.69, 9.17) is 9.54 Å². The van der Waals surface area contributed by atoms with Crippen molar-refractivity contribution in [3.05, 3.63) is 72.7 Å². The highest BCUT2D eigenvalue weighted by atomic mass is 32.2. The summed E-state index contributed by atoms with van der Waals surface area (Å²) in [6.07, 6.45) is 5.71. The van der Waals surface area contributed by atoms with Crippen LogP contribution in [0.15, 0.2) is 72.0 Å². The summed E-state index contributed by atoms with van der Waals surface area (Å²) in [5.74, 6) is 1.79. The standard InChI is InChI=1S/C18H19N5.C7H8O3S/c1-22-9-14-10-23(11-17(14)22)18-8-19-7-16(21-18)12-2-3-15-13(6-12)4-5-20-15;1-6-2-4-7(5-3-6)11(8,9)10/h2-8,14,17,20H,9-11H2,1H3;2-5H,1H3,(H,8,9,10)/t14-,17+;/m0./s1. The van der Waals surface area contributed by atoms with Crippen LogP contribution in [0.25, 0.3) is 22.2 Å². The molecule has 2 atom stereocenters. The number of nitrogens with zero attached hydrogens (tertiary/aromatic N) is 4. The van der Waals surface area contributed by atoms with Gasteiger partial charge in [0.2, 0.25) is 0 Å². The van der Waals surface area contributed by atoms with Crippen molar-refractivity contribution in [2.45, 2.75) is 17.9 Å². The Labute approximate surface area is 199 Å². The molecule has 2 fully saturated rings. The number of rotatable bonds is 3. The minimum atomic E-state index is -4.02. The molecule has 4 aromatic rings. The summed E-state index contributed by atoms with van der Waals surface area (Å²) < 4.78 is 29.6. The lowest BCUT2D eigenvalue weighted by Crippen LogP contribution is -2.52. The molecule has 2 aliphatic rings. The molecular formula is C25H27N5O3S. The summed E-state index contributed by atoms with van der Waals surface area (Å²) in [6.45, 7) is 5.21. The topological polar surface area (TPSA) is 102 Å². The summed E-state index contributed by atoms with van der Waals surface area (Å²) in [5.41, 5.74) is 4.17. The second-order valence-corrected chi connectivity index (χ2v) is 10.4. The van der Waals surface area contributed by atoms with E-state index in [1.165, 1.54) is 24.1 Å². The van der Waals surface area contributed by atoms with E-state index < -0.39 is 10.1 Å². The molecule has 2 aromatic heterocycles. The maximum Gasteiger partial charge on any atom is 0.294 e. The number of fused-ring (bicyclic) bond motifs is 2. The molecule has 0 unspecified atom stereocenters. The van der Waals surface area contributed by atoms with Gasteiger partial charge in [-0.05, 0) is 44.3 Å². The highest BCUT2D eigenvalue weighted by molar-refractivity contribution is 7.85. The van der Waals surface area contributed by atoms with Crippen LogP contribution in [0.2, 0.25) is 0 Å². The van der Waals surface area contributed by atoms with Gasteiger partial charge in [0.15, 0.2) is 0 Å². The van der Waals surface area contributed by atoms with Gasteiger partial charge in [-0.2, -0.15) is 8.42 Å². The molecule has 2 N–H and O–H groups in total. The van der Waals surface area contributed by atoms with Crippen LogP contribution in [0, 0.1) is 12.8 Å². The van der Waals surface area contributed by atoms with Gasteiger partial charge in [-0.3, -0.25) is 9.54 Å². The molecule has 34 heavy (non-hydrogen) atoms. The Morgan fingerprint density at radius 1 is 1.03 bits per heavy atom. The van der Waals surface area contributed by atoms with Gasteiger partial charge in [0.05, 0.1) is 23.0 Å². The smallest absolute Gasteiger partial charge is 0.294 e. The molecule has 2 aliphatic heterocycles. The van der Waals surface area contributed by atoms with Crippen LogP contribution >= 0.6 is 0 Å². The molecule has 0 radical (unpaired) electrons. The lowest BCUT2D eigenvalue weighted by atomic mass is 9.93. The molecule has 0 saturated carbocycles. The average molecular weight is 478 g/mol. The van der Waals surface area contributed by atoms with Crippen LogP contribution in [-0.4, -0.2) is 65.5 Å². The van der Waals surface area contributed by atoms with Crippen LogP contribution in [0.1, 0.15) is 5.56 Å². The molecule has 2 saturated heterocycles. The zero-order chi connectivity index (χ0) is 23.9. The normalized spacial score (nSPS) is 19.9. The first-order valence-corrected chi connectivity index (χ1v) is 12.6. The maximum atomic E-state index is 10.5. The van der Waals surface area contributed by atoms with E-state index in [0.717, 1.165) is 47.2 Å². The zero-order valence-electron chi connectivity index (χ0n) is 19.1. The number of H-pyrrole nitrogens is 1. The molecule has 4 heterocycles. The molecule has 2 aromatic carbocycles. The van der Waals surface area contributed by atoms with Gasteiger partial charge in [0.25, 0.3) is 10.1 Å². The summed E-state index contributed by atoms with van der Waals surface area (Å²) in [5, 5.41) is 1.20. The fraction of sp³-hybridized carbons (Fsp3) is 0.280. The third-order valence-corrected chi connectivity index (χ3v) is 7.48. The second kappa shape index (κ2) is 8.83. The van der Waals surface area contributed by atoms with Crippen LogP contribution < -0.4 is 4.90 Å². The summed E-state index contributed by atoms with van der Waals surface area (Å²) in [4.78, 5) is 17.3. The minimum absolute atomic E-state index is 0.0666. The number of nitrogens with one attached hydrogen (secondary N) is 1. The molecule has 8 nitrogen and oxygen atoms in total. The summed E-state index contributed by atoms with van der Waals surface area (Å²) in [6, 6.07) is 15.1. The molecule has 0 spiro atoms. The lowest BCUT2D eigenvalue weighted by molar-refractivity contribution is 0.0827. The number of benzene rings is 2. The number of aromatic nitrogens is 3. The molecule has 0 bridgehead atoms. The van der Waals surface area contributed by atoms with Crippen LogP contribution in [-0.2, 0) is 10.1 Å². The van der Waals surface area contributed by atoms with Crippen molar-refractivity contribution in [2.24, 2.45) is 5.92 Å². The minimum Gasteiger partial charge on any atom is -0.361 e. The number of likely N-dealkylation sites (tertiary alicyclic amines) is 1. The van der Waals surface area contributed by atoms with Crippen molar-refractivity contribution in [1.29, 1.82) is 0 Å². The molecular weight excluding hydrogens is 450 g/mol. The first-order valence-electron chi connectivity index (χ1n) is 11.2. The molecule has 0 aliphatic carbocycles. The summed E-state index contributed by atoms with van der Waals surface area (Å²) in [7, 11) is -1.81. The highest BCUT2D eigenvalue weighted by Gasteiger charge is 2.43. The van der Waals surface area contributed by atoms with Crippen molar-refractivity contribution in [1.82, 2.24) is 19.9 Å². The summed E-state index contributed by atoms with van der Waals surface area (Å²) >= 11 is 0. The number of hydrogen-bond donors (Lipinski definition) is 2. The Bertz CT molecular complexity index is 1420. The van der Waals surface area contributed by atoms with E-state index >= 15 is 0 Å². The Kier molecular flexibility index (Phi) is 5.85. The fourth-order valence-electron chi connectivity index (χ4n) is 4.66. The van der Waals surface area contributed by atoms with E-state index in [-0.39, 0.29) is 4.90 Å². The largest absolute Gasteiger partial charge is 0.361 e. The monoisotopic (exact) mass is 477 g/mol. The third kappa shape index (κ3) is 4.54. The molecule has 6 rings (SSSR count). The number of hydrogen-bond acceptors (Lipinski definition) is 6. The molecule has 9 heteroatoms. The number of anilines is 1. The van der Waals surface area contributed by atoms with Crippen LogP contribution in [0.3, 0.4) is 0 Å². The van der Waals surface area contributed by atoms with Gasteiger partial charge in [-0.25, -0.2) is 4.98 Å². The van der Waals surface area contributed by atoms with E-state index in [0.29, 0.717) is 6.04 Å². The Hall–Kier alpha value is -3.27. The predicted octanol–water partition coefficient (Wildman–Crippen LogP) is 3.62. The van der Waals surface area contributed by atoms with Crippen molar-refractivity contribution < 1.29 is 13.0 Å². The Morgan fingerprint density at radius 2 is 1.82 bits per heavy atom. The van der Waals surface area contributed by atoms with Crippen LogP contribution in [0.5, 0.6) is 0 Å². The number of aromatic amines is 1. The van der Waals surface area contributed by atoms with Crippen molar-refractivity contribution in [2.75, 3.05) is 31.6 Å². The van der Waals surface area contributed by atoms with Gasteiger partial charge >= 0.3 is 0 Å². The quantitative estimate of drug-likeness (QED) is 0.435. The molecule has 0 amide bonds. The van der Waals surface area contributed by atoms with Crippen molar-refractivity contribution in [3.8, 4) is 11.3 Å². The van der Waals surface area contributed by atoms with E-state index in [1.54, 1.807) is 12.1 Å². The zero-order valence-corrected chi connectivity index (χ0v) is 19.9. The Morgan fingerprint density at radius 3 is 2.53 bits per heavy atom. The first kappa shape index (κ1) is 22.5. The van der Waals surface area contributed by atoms with E-state index in [2.05, 4.69) is 51.1 Å². The third-order valence-electron chi connectivity index (χ3n) is 6.61. The average Bonchev–Trinajstić information content (AvgIpc) is 3.43. The van der Waals surface area contributed by atoms with E-state index in [9.17, 15) is 8.42 Å². The Balaban J connectivity index is 0.000000186. The van der Waals surface area contributed by atoms with Gasteiger partial charge in [0, 0.05) is 54.3 Å². The SMILES string of the molecule is CN1C[C@H]2CN(c3cncc(-c4ccc5[nH]ccc5c4)n3)C[C@H]21.Cc1ccc(S(=O)(=O)O)cc1. The highest BCUT2D eigenvalue weighted by Crippen LogP contribution is 2.33. The number of likely N-dealkylation sites (N-methyl/N-ethyl adjacent to an activating group) is 1. The second-order valence-electron chi connectivity index (χ2n) is 9.00. The van der Waals surface area contributed by atoms with Gasteiger partial charge < -0.3 is 14.8 Å². The van der Waals surface area contributed by atoms with Gasteiger partial charge in [0.1, 0.15) is 5.82 Å². The predicted molar refractivity (Wildman–Crippen MR) is 132 cm³/mol. The maximum absolute atomic E-state index is 10.5. The first-order chi connectivity index (χ1) is 16.3. The van der Waals surface area contributed by atoms with Crippen molar-refractivity contribution in [3.63, 3.8) is 0 Å². The fourth-order valence-corrected chi connectivity index (χ4v) is 5.14. The lowest BCUT2D eigenvalue weighted by Gasteiger charge is -2.40.